The fraction of sp³-hybridized carbons (Fsp3) is 0.300. The Balaban J connectivity index is 2.02. The molecule has 0 saturated carbocycles. The number of hydrogen-bond acceptors (Lipinski definition) is 5. The van der Waals surface area contributed by atoms with Crippen LogP contribution in [0.4, 0.5) is 0 Å². The van der Waals surface area contributed by atoms with Crippen LogP contribution in [0.5, 0.6) is 0 Å². The third-order valence-corrected chi connectivity index (χ3v) is 6.67. The van der Waals surface area contributed by atoms with Crippen molar-refractivity contribution in [3.63, 3.8) is 0 Å². The van der Waals surface area contributed by atoms with Crippen LogP contribution >= 0.6 is 34.3 Å². The zero-order valence-corrected chi connectivity index (χ0v) is 13.1. The lowest BCUT2D eigenvalue weighted by Gasteiger charge is -2.04. The minimum absolute atomic E-state index is 0.0433. The molecule has 9 heteroatoms. The standard InChI is InChI=1S/C10H11ClN2O3S3/c1-6-9(18-10(14)13-6)19(15,16)12-5-4-7-2-3-8(11)17-7/h2-3,12H,4-5H2,1H3,(H,13,14). The monoisotopic (exact) mass is 338 g/mol. The van der Waals surface area contributed by atoms with E-state index in [4.69, 9.17) is 11.6 Å². The first-order valence-electron chi connectivity index (χ1n) is 5.32. The molecular formula is C10H11ClN2O3S3. The van der Waals surface area contributed by atoms with E-state index < -0.39 is 10.0 Å². The van der Waals surface area contributed by atoms with Gasteiger partial charge in [0.1, 0.15) is 0 Å². The van der Waals surface area contributed by atoms with Crippen molar-refractivity contribution in [1.82, 2.24) is 9.71 Å². The lowest BCUT2D eigenvalue weighted by Crippen LogP contribution is -2.25. The molecule has 0 aliphatic carbocycles. The molecule has 19 heavy (non-hydrogen) atoms. The molecule has 2 aromatic rings. The van der Waals surface area contributed by atoms with Crippen LogP contribution in [0.2, 0.25) is 4.34 Å². The third-order valence-electron chi connectivity index (χ3n) is 2.32. The van der Waals surface area contributed by atoms with Gasteiger partial charge in [0.2, 0.25) is 0 Å². The SMILES string of the molecule is Cc1[nH]c(=O)sc1S(=O)(=O)NCCc1ccc(Cl)s1. The average Bonchev–Trinajstić information content (AvgIpc) is 2.85. The highest BCUT2D eigenvalue weighted by molar-refractivity contribution is 7.91. The fourth-order valence-electron chi connectivity index (χ4n) is 1.51. The van der Waals surface area contributed by atoms with E-state index >= 15 is 0 Å². The van der Waals surface area contributed by atoms with Crippen molar-refractivity contribution in [2.24, 2.45) is 0 Å². The van der Waals surface area contributed by atoms with Gasteiger partial charge in [0.05, 0.1) is 4.34 Å². The number of hydrogen-bond donors (Lipinski definition) is 2. The van der Waals surface area contributed by atoms with Crippen molar-refractivity contribution >= 4 is 44.3 Å². The molecular weight excluding hydrogens is 328 g/mol. The Bertz CT molecular complexity index is 729. The number of nitrogens with one attached hydrogen (secondary N) is 2. The number of aryl methyl sites for hydroxylation is 1. The summed E-state index contributed by atoms with van der Waals surface area (Å²) in [6.45, 7) is 1.83. The summed E-state index contributed by atoms with van der Waals surface area (Å²) in [5.41, 5.74) is 0.363. The van der Waals surface area contributed by atoms with Crippen LogP contribution in [0.1, 0.15) is 10.6 Å². The van der Waals surface area contributed by atoms with E-state index in [1.165, 1.54) is 11.3 Å². The van der Waals surface area contributed by atoms with Gasteiger partial charge in [0.15, 0.2) is 4.21 Å². The predicted octanol–water partition coefficient (Wildman–Crippen LogP) is 1.98. The number of sulfonamides is 1. The molecule has 0 radical (unpaired) electrons. The molecule has 0 amide bonds. The zero-order chi connectivity index (χ0) is 14.0. The maximum absolute atomic E-state index is 12.0. The van der Waals surface area contributed by atoms with E-state index in [-0.39, 0.29) is 15.6 Å². The number of thiophene rings is 1. The number of H-pyrrole nitrogens is 1. The highest BCUT2D eigenvalue weighted by Crippen LogP contribution is 2.21. The maximum Gasteiger partial charge on any atom is 0.305 e. The first-order chi connectivity index (χ1) is 8.88. The van der Waals surface area contributed by atoms with Gasteiger partial charge in [-0.15, -0.1) is 11.3 Å². The Hall–Kier alpha value is -0.670. The van der Waals surface area contributed by atoms with Gasteiger partial charge in [-0.2, -0.15) is 0 Å². The van der Waals surface area contributed by atoms with E-state index in [1.54, 1.807) is 13.0 Å². The second-order valence-electron chi connectivity index (χ2n) is 3.78. The predicted molar refractivity (Wildman–Crippen MR) is 77.9 cm³/mol. The van der Waals surface area contributed by atoms with Crippen molar-refractivity contribution in [2.45, 2.75) is 17.6 Å². The first-order valence-corrected chi connectivity index (χ1v) is 8.81. The first kappa shape index (κ1) is 14.7. The average molecular weight is 339 g/mol. The second-order valence-corrected chi connectivity index (χ2v) is 8.53. The molecule has 0 fully saturated rings. The van der Waals surface area contributed by atoms with Crippen molar-refractivity contribution in [3.05, 3.63) is 36.7 Å². The number of rotatable bonds is 5. The zero-order valence-electron chi connectivity index (χ0n) is 9.90. The molecule has 0 aliphatic rings. The summed E-state index contributed by atoms with van der Waals surface area (Å²) in [6.07, 6.45) is 0.564. The lowest BCUT2D eigenvalue weighted by atomic mass is 10.3. The highest BCUT2D eigenvalue weighted by Gasteiger charge is 2.19. The normalized spacial score (nSPS) is 11.9. The second kappa shape index (κ2) is 5.76. The molecule has 0 atom stereocenters. The molecule has 2 rings (SSSR count). The lowest BCUT2D eigenvalue weighted by molar-refractivity contribution is 0.583. The van der Waals surface area contributed by atoms with E-state index in [0.29, 0.717) is 27.8 Å². The molecule has 2 N–H and O–H groups in total. The van der Waals surface area contributed by atoms with Crippen LogP contribution < -0.4 is 9.60 Å². The van der Waals surface area contributed by atoms with Crippen LogP contribution in [-0.4, -0.2) is 19.9 Å². The number of aromatic amines is 1. The van der Waals surface area contributed by atoms with Crippen molar-refractivity contribution in [2.75, 3.05) is 6.54 Å². The minimum Gasteiger partial charge on any atom is -0.315 e. The van der Waals surface area contributed by atoms with Crippen LogP contribution in [-0.2, 0) is 16.4 Å². The topological polar surface area (TPSA) is 79.0 Å². The van der Waals surface area contributed by atoms with E-state index in [2.05, 4.69) is 9.71 Å². The molecule has 104 valence electrons. The van der Waals surface area contributed by atoms with Crippen LogP contribution in [0.15, 0.2) is 21.1 Å². The molecule has 0 aromatic carbocycles. The van der Waals surface area contributed by atoms with Gasteiger partial charge in [-0.25, -0.2) is 13.1 Å². The summed E-state index contributed by atoms with van der Waals surface area (Å²) in [7, 11) is -3.62. The Morgan fingerprint density at radius 1 is 1.37 bits per heavy atom. The Morgan fingerprint density at radius 2 is 2.11 bits per heavy atom. The molecule has 0 bridgehead atoms. The Morgan fingerprint density at radius 3 is 2.63 bits per heavy atom. The Kier molecular flexibility index (Phi) is 4.46. The van der Waals surface area contributed by atoms with Crippen LogP contribution in [0.25, 0.3) is 0 Å². The van der Waals surface area contributed by atoms with E-state index in [9.17, 15) is 13.2 Å². The van der Waals surface area contributed by atoms with Gasteiger partial charge in [-0.3, -0.25) is 4.79 Å². The van der Waals surface area contributed by atoms with E-state index in [1.807, 2.05) is 6.07 Å². The van der Waals surface area contributed by atoms with Crippen molar-refractivity contribution in [3.8, 4) is 0 Å². The van der Waals surface area contributed by atoms with Gasteiger partial charge in [0.25, 0.3) is 10.0 Å². The molecule has 2 aromatic heterocycles. The van der Waals surface area contributed by atoms with Crippen LogP contribution in [0.3, 0.4) is 0 Å². The molecule has 2 heterocycles. The Labute approximate surface area is 123 Å². The summed E-state index contributed by atoms with van der Waals surface area (Å²) < 4.78 is 27.2. The fourth-order valence-corrected chi connectivity index (χ4v) is 4.97. The summed E-state index contributed by atoms with van der Waals surface area (Å²) in [6, 6.07) is 3.64. The molecule has 0 spiro atoms. The van der Waals surface area contributed by atoms with Gasteiger partial charge in [0, 0.05) is 17.1 Å². The molecule has 0 aliphatic heterocycles. The minimum atomic E-state index is -3.62. The summed E-state index contributed by atoms with van der Waals surface area (Å²) >= 11 is 7.90. The molecule has 0 saturated heterocycles. The largest absolute Gasteiger partial charge is 0.315 e. The quantitative estimate of drug-likeness (QED) is 0.875. The van der Waals surface area contributed by atoms with Gasteiger partial charge < -0.3 is 4.98 Å². The number of halogens is 1. The highest BCUT2D eigenvalue weighted by atomic mass is 35.5. The van der Waals surface area contributed by atoms with Crippen molar-refractivity contribution < 1.29 is 8.42 Å². The number of aromatic nitrogens is 1. The summed E-state index contributed by atoms with van der Waals surface area (Å²) in [5, 5.41) is 0. The third kappa shape index (κ3) is 3.67. The molecule has 0 unspecified atom stereocenters. The summed E-state index contributed by atoms with van der Waals surface area (Å²) in [5.74, 6) is 0. The smallest absolute Gasteiger partial charge is 0.305 e. The van der Waals surface area contributed by atoms with Crippen LogP contribution in [0, 0.1) is 6.92 Å². The van der Waals surface area contributed by atoms with Gasteiger partial charge in [-0.1, -0.05) is 22.9 Å². The molecule has 5 nitrogen and oxygen atoms in total. The van der Waals surface area contributed by atoms with Crippen molar-refractivity contribution in [1.29, 1.82) is 0 Å². The van der Waals surface area contributed by atoms with Gasteiger partial charge in [-0.05, 0) is 25.5 Å². The van der Waals surface area contributed by atoms with E-state index in [0.717, 1.165) is 4.88 Å². The summed E-state index contributed by atoms with van der Waals surface area (Å²) in [4.78, 5) is 14.2. The van der Waals surface area contributed by atoms with Gasteiger partial charge >= 0.3 is 4.87 Å². The maximum atomic E-state index is 12.0. The number of thiazole rings is 1.